The van der Waals surface area contributed by atoms with Crippen LogP contribution in [0.3, 0.4) is 0 Å². The number of methoxy groups -OCH3 is 1. The Morgan fingerprint density at radius 2 is 2.04 bits per heavy atom. The fourth-order valence-electron chi connectivity index (χ4n) is 2.14. The van der Waals surface area contributed by atoms with Crippen LogP contribution in [0.4, 0.5) is 0 Å². The molecule has 2 heterocycles. The number of thiazole rings is 1. The van der Waals surface area contributed by atoms with Crippen molar-refractivity contribution in [3.8, 4) is 5.88 Å². The van der Waals surface area contributed by atoms with Gasteiger partial charge in [-0.2, -0.15) is 0 Å². The van der Waals surface area contributed by atoms with Gasteiger partial charge in [-0.05, 0) is 19.4 Å². The third-order valence-corrected chi connectivity index (χ3v) is 4.37. The molecule has 0 radical (unpaired) electrons. The monoisotopic (exact) mass is 505 g/mol. The second-order valence-electron chi connectivity index (χ2n) is 5.58. The molecule has 0 fully saturated rings. The van der Waals surface area contributed by atoms with Crippen LogP contribution < -0.4 is 15.4 Å². The van der Waals surface area contributed by atoms with Gasteiger partial charge in [0.15, 0.2) is 5.96 Å². The maximum Gasteiger partial charge on any atom is 0.213 e. The number of aryl methyl sites for hydroxylation is 1. The van der Waals surface area contributed by atoms with Crippen LogP contribution in [0.1, 0.15) is 22.4 Å². The number of guanidine groups is 1. The molecule has 150 valence electrons. The van der Waals surface area contributed by atoms with Gasteiger partial charge in [-0.15, -0.1) is 35.3 Å². The Labute approximate surface area is 182 Å². The number of ether oxygens (including phenoxy) is 2. The van der Waals surface area contributed by atoms with E-state index in [9.17, 15) is 0 Å². The average molecular weight is 505 g/mol. The largest absolute Gasteiger partial charge is 0.475 e. The molecule has 27 heavy (non-hydrogen) atoms. The molecule has 2 aromatic rings. The zero-order chi connectivity index (χ0) is 18.6. The highest BCUT2D eigenvalue weighted by Crippen LogP contribution is 2.11. The van der Waals surface area contributed by atoms with E-state index in [1.165, 1.54) is 4.88 Å². The fraction of sp³-hybridized carbons (Fsp3) is 0.500. The van der Waals surface area contributed by atoms with E-state index in [2.05, 4.69) is 39.4 Å². The number of rotatable bonds is 10. The highest BCUT2D eigenvalue weighted by molar-refractivity contribution is 14.0. The second kappa shape index (κ2) is 13.7. The fourth-order valence-corrected chi connectivity index (χ4v) is 2.92. The Morgan fingerprint density at radius 3 is 2.67 bits per heavy atom. The molecule has 0 saturated carbocycles. The van der Waals surface area contributed by atoms with Crippen molar-refractivity contribution in [2.45, 2.75) is 26.8 Å². The SMILES string of the molecule is CCNC(=NCc1ccc(OCCOC)nc1)NCCc1ncc(C)s1.I. The molecule has 2 N–H and O–H groups in total. The third-order valence-electron chi connectivity index (χ3n) is 3.40. The lowest BCUT2D eigenvalue weighted by Gasteiger charge is -2.10. The standard InChI is InChI=1S/C18H27N5O2S.HI/c1-4-19-18(20-8-7-17-22-11-14(2)26-17)23-13-15-5-6-16(21-12-15)25-10-9-24-3;/h5-6,11-12H,4,7-10,13H2,1-3H3,(H2,19,20,23);1H. The number of hydrogen-bond acceptors (Lipinski definition) is 6. The Morgan fingerprint density at radius 1 is 1.19 bits per heavy atom. The van der Waals surface area contributed by atoms with E-state index in [4.69, 9.17) is 9.47 Å². The first-order valence-corrected chi connectivity index (χ1v) is 9.53. The molecule has 9 heteroatoms. The van der Waals surface area contributed by atoms with Crippen LogP contribution in [0.15, 0.2) is 29.5 Å². The number of aromatic nitrogens is 2. The molecule has 0 aliphatic rings. The van der Waals surface area contributed by atoms with Crippen LogP contribution in [0.25, 0.3) is 0 Å². The van der Waals surface area contributed by atoms with Gasteiger partial charge in [0.05, 0.1) is 18.2 Å². The van der Waals surface area contributed by atoms with Crippen molar-refractivity contribution in [3.05, 3.63) is 40.0 Å². The highest BCUT2D eigenvalue weighted by Gasteiger charge is 2.02. The Kier molecular flexibility index (Phi) is 11.9. The summed E-state index contributed by atoms with van der Waals surface area (Å²) >= 11 is 1.73. The lowest BCUT2D eigenvalue weighted by atomic mass is 10.3. The first-order valence-electron chi connectivity index (χ1n) is 8.71. The summed E-state index contributed by atoms with van der Waals surface area (Å²) in [5.74, 6) is 1.39. The quantitative estimate of drug-likeness (QED) is 0.224. The number of pyridine rings is 1. The second-order valence-corrected chi connectivity index (χ2v) is 6.90. The maximum atomic E-state index is 5.46. The Balaban J connectivity index is 0.00000364. The van der Waals surface area contributed by atoms with Gasteiger partial charge in [0.25, 0.3) is 0 Å². The Bertz CT molecular complexity index is 679. The molecule has 0 spiro atoms. The average Bonchev–Trinajstić information content (AvgIpc) is 3.06. The summed E-state index contributed by atoms with van der Waals surface area (Å²) in [6, 6.07) is 3.83. The molecule has 2 aromatic heterocycles. The van der Waals surface area contributed by atoms with Gasteiger partial charge in [0.1, 0.15) is 6.61 Å². The van der Waals surface area contributed by atoms with Crippen molar-refractivity contribution < 1.29 is 9.47 Å². The van der Waals surface area contributed by atoms with Gasteiger partial charge >= 0.3 is 0 Å². The summed E-state index contributed by atoms with van der Waals surface area (Å²) in [6.07, 6.45) is 4.58. The summed E-state index contributed by atoms with van der Waals surface area (Å²) in [5, 5.41) is 7.73. The van der Waals surface area contributed by atoms with Crippen molar-refractivity contribution >= 4 is 41.3 Å². The van der Waals surface area contributed by atoms with Crippen LogP contribution in [-0.4, -0.2) is 49.3 Å². The van der Waals surface area contributed by atoms with Crippen LogP contribution in [0, 0.1) is 6.92 Å². The van der Waals surface area contributed by atoms with E-state index in [0.29, 0.717) is 25.6 Å². The van der Waals surface area contributed by atoms with Crippen LogP contribution in [-0.2, 0) is 17.7 Å². The number of halogens is 1. The molecule has 0 saturated heterocycles. The summed E-state index contributed by atoms with van der Waals surface area (Å²) in [5.41, 5.74) is 1.02. The van der Waals surface area contributed by atoms with Crippen molar-refractivity contribution in [3.63, 3.8) is 0 Å². The lowest BCUT2D eigenvalue weighted by molar-refractivity contribution is 0.143. The van der Waals surface area contributed by atoms with E-state index in [-0.39, 0.29) is 24.0 Å². The van der Waals surface area contributed by atoms with Gasteiger partial charge in [-0.1, -0.05) is 6.07 Å². The minimum Gasteiger partial charge on any atom is -0.475 e. The zero-order valence-corrected chi connectivity index (χ0v) is 19.2. The molecule has 0 aliphatic carbocycles. The van der Waals surface area contributed by atoms with Crippen molar-refractivity contribution in [1.29, 1.82) is 0 Å². The normalized spacial score (nSPS) is 11.0. The summed E-state index contributed by atoms with van der Waals surface area (Å²) in [6.45, 7) is 7.32. The number of hydrogen-bond donors (Lipinski definition) is 2. The summed E-state index contributed by atoms with van der Waals surface area (Å²) in [4.78, 5) is 14.5. The van der Waals surface area contributed by atoms with Gasteiger partial charge in [-0.25, -0.2) is 15.0 Å². The number of nitrogens with zero attached hydrogens (tertiary/aromatic N) is 3. The highest BCUT2D eigenvalue weighted by atomic mass is 127. The summed E-state index contributed by atoms with van der Waals surface area (Å²) in [7, 11) is 1.64. The van der Waals surface area contributed by atoms with E-state index < -0.39 is 0 Å². The molecule has 7 nitrogen and oxygen atoms in total. The Hall–Kier alpha value is -1.46. The van der Waals surface area contributed by atoms with Gasteiger partial charge in [0, 0.05) is 50.0 Å². The van der Waals surface area contributed by atoms with Crippen LogP contribution in [0.2, 0.25) is 0 Å². The van der Waals surface area contributed by atoms with Gasteiger partial charge < -0.3 is 20.1 Å². The van der Waals surface area contributed by atoms with Crippen LogP contribution in [0.5, 0.6) is 5.88 Å². The van der Waals surface area contributed by atoms with Crippen molar-refractivity contribution in [1.82, 2.24) is 20.6 Å². The lowest BCUT2D eigenvalue weighted by Crippen LogP contribution is -2.38. The molecule has 0 amide bonds. The molecular weight excluding hydrogens is 477 g/mol. The van der Waals surface area contributed by atoms with E-state index in [0.717, 1.165) is 36.0 Å². The summed E-state index contributed by atoms with van der Waals surface area (Å²) < 4.78 is 10.4. The molecular formula is C18H28IN5O2S. The number of aliphatic imine (C=N–C) groups is 1. The zero-order valence-electron chi connectivity index (χ0n) is 16.0. The maximum absolute atomic E-state index is 5.46. The van der Waals surface area contributed by atoms with Gasteiger partial charge in [0.2, 0.25) is 5.88 Å². The molecule has 0 aromatic carbocycles. The van der Waals surface area contributed by atoms with Crippen molar-refractivity contribution in [2.75, 3.05) is 33.4 Å². The molecule has 0 unspecified atom stereocenters. The molecule has 0 aliphatic heterocycles. The minimum atomic E-state index is 0. The predicted molar refractivity (Wildman–Crippen MR) is 120 cm³/mol. The predicted octanol–water partition coefficient (Wildman–Crippen LogP) is 2.79. The van der Waals surface area contributed by atoms with E-state index in [1.807, 2.05) is 18.3 Å². The van der Waals surface area contributed by atoms with E-state index >= 15 is 0 Å². The first-order chi connectivity index (χ1) is 12.7. The topological polar surface area (TPSA) is 80.7 Å². The molecule has 0 bridgehead atoms. The van der Waals surface area contributed by atoms with Gasteiger partial charge in [-0.3, -0.25) is 0 Å². The first kappa shape index (κ1) is 23.6. The van der Waals surface area contributed by atoms with Crippen molar-refractivity contribution in [2.24, 2.45) is 4.99 Å². The number of nitrogens with one attached hydrogen (secondary N) is 2. The molecule has 2 rings (SSSR count). The third kappa shape index (κ3) is 9.34. The van der Waals surface area contributed by atoms with Crippen LogP contribution >= 0.6 is 35.3 Å². The molecule has 0 atom stereocenters. The minimum absolute atomic E-state index is 0. The smallest absolute Gasteiger partial charge is 0.213 e. The van der Waals surface area contributed by atoms with E-state index in [1.54, 1.807) is 24.6 Å².